The Bertz CT molecular complexity index is 1400. The summed E-state index contributed by atoms with van der Waals surface area (Å²) in [6.07, 6.45) is 2.67. The molecular formula is C24H20F3N5O4. The molecule has 0 saturated heterocycles. The van der Waals surface area contributed by atoms with Gasteiger partial charge in [0.1, 0.15) is 23.5 Å². The second-order valence-electron chi connectivity index (χ2n) is 7.95. The highest BCUT2D eigenvalue weighted by atomic mass is 19.4. The first-order valence-corrected chi connectivity index (χ1v) is 10.7. The monoisotopic (exact) mass is 499 g/mol. The van der Waals surface area contributed by atoms with E-state index in [4.69, 9.17) is 4.74 Å². The van der Waals surface area contributed by atoms with Crippen LogP contribution >= 0.6 is 0 Å². The van der Waals surface area contributed by atoms with Crippen LogP contribution in [-0.2, 0) is 4.79 Å². The third-order valence-corrected chi connectivity index (χ3v) is 5.01. The van der Waals surface area contributed by atoms with Gasteiger partial charge in [0.25, 0.3) is 5.91 Å². The van der Waals surface area contributed by atoms with Gasteiger partial charge >= 0.3 is 6.36 Å². The Kier molecular flexibility index (Phi) is 6.86. The molecular weight excluding hydrogens is 479 g/mol. The molecule has 0 aliphatic carbocycles. The lowest BCUT2D eigenvalue weighted by atomic mass is 10.1. The van der Waals surface area contributed by atoms with E-state index in [1.807, 2.05) is 18.4 Å². The third kappa shape index (κ3) is 5.77. The Morgan fingerprint density at radius 1 is 1.06 bits per heavy atom. The number of alkyl halides is 3. The molecule has 0 spiro atoms. The number of fused-ring (bicyclic) bond motifs is 1. The van der Waals surface area contributed by atoms with Crippen molar-refractivity contribution >= 4 is 28.4 Å². The van der Waals surface area contributed by atoms with Crippen molar-refractivity contribution in [1.82, 2.24) is 19.5 Å². The van der Waals surface area contributed by atoms with Crippen molar-refractivity contribution in [2.75, 3.05) is 11.9 Å². The van der Waals surface area contributed by atoms with Gasteiger partial charge in [0, 0.05) is 35.6 Å². The Labute approximate surface area is 202 Å². The molecule has 4 rings (SSSR count). The number of halogens is 3. The zero-order chi connectivity index (χ0) is 25.9. The lowest BCUT2D eigenvalue weighted by Crippen LogP contribution is -2.20. The quantitative estimate of drug-likeness (QED) is 0.354. The molecule has 0 atom stereocenters. The second-order valence-corrected chi connectivity index (χ2v) is 7.95. The van der Waals surface area contributed by atoms with Crippen LogP contribution in [0.1, 0.15) is 35.8 Å². The van der Waals surface area contributed by atoms with Gasteiger partial charge in [-0.25, -0.2) is 9.97 Å². The summed E-state index contributed by atoms with van der Waals surface area (Å²) in [5.74, 6) is -1.10. The molecule has 3 heterocycles. The maximum atomic E-state index is 13.2. The number of benzene rings is 1. The molecule has 186 valence electrons. The molecule has 0 radical (unpaired) electrons. The molecule has 0 saturated carbocycles. The molecule has 0 bridgehead atoms. The second kappa shape index (κ2) is 10.0. The van der Waals surface area contributed by atoms with Crippen molar-refractivity contribution in [3.63, 3.8) is 0 Å². The predicted octanol–water partition coefficient (Wildman–Crippen LogP) is 4.55. The standard InChI is InChI=1S/C24H20F3N5O4/c1-14(2)32-11-20(19-10-29-13-30-23(19)32)22(34)15-7-16(9-28-8-15)31-21(33)12-35-17-3-5-18(6-4-17)36-24(25,26)27/h3-11,13-14H,12H2,1-2H3,(H,31,33). The lowest BCUT2D eigenvalue weighted by Gasteiger charge is -2.10. The summed E-state index contributed by atoms with van der Waals surface area (Å²) in [4.78, 5) is 37.9. The van der Waals surface area contributed by atoms with Gasteiger partial charge in [0.15, 0.2) is 12.4 Å². The molecule has 4 aromatic rings. The van der Waals surface area contributed by atoms with E-state index in [2.05, 4.69) is 25.0 Å². The molecule has 1 amide bonds. The molecule has 36 heavy (non-hydrogen) atoms. The molecule has 0 fully saturated rings. The number of pyridine rings is 1. The molecule has 0 aliphatic heterocycles. The summed E-state index contributed by atoms with van der Waals surface area (Å²) in [6.45, 7) is 3.53. The van der Waals surface area contributed by atoms with Crippen LogP contribution in [0.2, 0.25) is 0 Å². The van der Waals surface area contributed by atoms with Crippen molar-refractivity contribution in [1.29, 1.82) is 0 Å². The topological polar surface area (TPSA) is 108 Å². The first kappa shape index (κ1) is 24.6. The van der Waals surface area contributed by atoms with Crippen LogP contribution in [-0.4, -0.2) is 44.2 Å². The number of rotatable bonds is 8. The van der Waals surface area contributed by atoms with E-state index in [-0.39, 0.29) is 28.8 Å². The number of nitrogens with zero attached hydrogens (tertiary/aromatic N) is 4. The summed E-state index contributed by atoms with van der Waals surface area (Å²) in [6, 6.07) is 6.18. The van der Waals surface area contributed by atoms with Crippen LogP contribution in [0.3, 0.4) is 0 Å². The van der Waals surface area contributed by atoms with E-state index in [0.717, 1.165) is 12.1 Å². The third-order valence-electron chi connectivity index (χ3n) is 5.01. The minimum atomic E-state index is -4.80. The number of nitrogens with one attached hydrogen (secondary N) is 1. The highest BCUT2D eigenvalue weighted by molar-refractivity contribution is 6.16. The van der Waals surface area contributed by atoms with Crippen molar-refractivity contribution < 1.29 is 32.2 Å². The van der Waals surface area contributed by atoms with Gasteiger partial charge in [0.05, 0.1) is 17.4 Å². The fraction of sp³-hybridized carbons (Fsp3) is 0.208. The maximum Gasteiger partial charge on any atom is 0.573 e. The first-order chi connectivity index (χ1) is 17.1. The van der Waals surface area contributed by atoms with Crippen LogP contribution in [0, 0.1) is 0 Å². The van der Waals surface area contributed by atoms with Crippen molar-refractivity contribution in [3.05, 3.63) is 72.6 Å². The molecule has 0 aliphatic rings. The Morgan fingerprint density at radius 3 is 2.47 bits per heavy atom. The van der Waals surface area contributed by atoms with Crippen molar-refractivity contribution in [2.24, 2.45) is 0 Å². The van der Waals surface area contributed by atoms with Gasteiger partial charge in [-0.2, -0.15) is 0 Å². The van der Waals surface area contributed by atoms with E-state index in [1.165, 1.54) is 36.9 Å². The summed E-state index contributed by atoms with van der Waals surface area (Å²) < 4.78 is 47.7. The Balaban J connectivity index is 1.42. The minimum Gasteiger partial charge on any atom is -0.484 e. The number of hydrogen-bond acceptors (Lipinski definition) is 7. The number of carbonyl (C=O) groups excluding carboxylic acids is 2. The van der Waals surface area contributed by atoms with Gasteiger partial charge in [-0.05, 0) is 44.2 Å². The van der Waals surface area contributed by atoms with Crippen LogP contribution in [0.4, 0.5) is 18.9 Å². The van der Waals surface area contributed by atoms with Gasteiger partial charge in [-0.15, -0.1) is 13.2 Å². The molecule has 12 heteroatoms. The number of amides is 1. The van der Waals surface area contributed by atoms with Gasteiger partial charge in [-0.3, -0.25) is 14.6 Å². The van der Waals surface area contributed by atoms with Crippen LogP contribution in [0.15, 0.2) is 61.4 Å². The maximum absolute atomic E-state index is 13.2. The average Bonchev–Trinajstić information content (AvgIpc) is 3.22. The predicted molar refractivity (Wildman–Crippen MR) is 123 cm³/mol. The number of ketones is 1. The van der Waals surface area contributed by atoms with Crippen LogP contribution < -0.4 is 14.8 Å². The van der Waals surface area contributed by atoms with E-state index in [1.54, 1.807) is 12.4 Å². The molecule has 0 unspecified atom stereocenters. The Morgan fingerprint density at radius 2 is 1.78 bits per heavy atom. The first-order valence-electron chi connectivity index (χ1n) is 10.7. The fourth-order valence-electron chi connectivity index (χ4n) is 3.43. The molecule has 1 aromatic carbocycles. The van der Waals surface area contributed by atoms with Gasteiger partial charge in [0.2, 0.25) is 0 Å². The van der Waals surface area contributed by atoms with Gasteiger partial charge in [-0.1, -0.05) is 0 Å². The van der Waals surface area contributed by atoms with E-state index in [9.17, 15) is 22.8 Å². The van der Waals surface area contributed by atoms with E-state index >= 15 is 0 Å². The fourth-order valence-corrected chi connectivity index (χ4v) is 3.43. The number of hydrogen-bond donors (Lipinski definition) is 1. The smallest absolute Gasteiger partial charge is 0.484 e. The Hall–Kier alpha value is -4.48. The van der Waals surface area contributed by atoms with Gasteiger partial charge < -0.3 is 19.4 Å². The zero-order valence-electron chi connectivity index (χ0n) is 19.1. The molecule has 9 nitrogen and oxygen atoms in total. The van der Waals surface area contributed by atoms with Crippen molar-refractivity contribution in [3.8, 4) is 11.5 Å². The zero-order valence-corrected chi connectivity index (χ0v) is 19.1. The average molecular weight is 499 g/mol. The number of carbonyl (C=O) groups is 2. The van der Waals surface area contributed by atoms with Crippen LogP contribution in [0.5, 0.6) is 11.5 Å². The summed E-state index contributed by atoms with van der Waals surface area (Å²) >= 11 is 0. The highest BCUT2D eigenvalue weighted by Crippen LogP contribution is 2.26. The largest absolute Gasteiger partial charge is 0.573 e. The van der Waals surface area contributed by atoms with E-state index in [0.29, 0.717) is 16.6 Å². The number of ether oxygens (including phenoxy) is 2. The number of anilines is 1. The molecule has 3 aromatic heterocycles. The summed E-state index contributed by atoms with van der Waals surface area (Å²) in [5.41, 5.74) is 1.56. The highest BCUT2D eigenvalue weighted by Gasteiger charge is 2.31. The normalized spacial score (nSPS) is 11.5. The minimum absolute atomic E-state index is 0.0704. The van der Waals surface area contributed by atoms with Crippen LogP contribution in [0.25, 0.3) is 11.0 Å². The van der Waals surface area contributed by atoms with E-state index < -0.39 is 24.6 Å². The SMILES string of the molecule is CC(C)n1cc(C(=O)c2cncc(NC(=O)COc3ccc(OC(F)(F)F)cc3)c2)c2cncnc21. The molecule has 1 N–H and O–H groups in total. The lowest BCUT2D eigenvalue weighted by molar-refractivity contribution is -0.274. The summed E-state index contributed by atoms with van der Waals surface area (Å²) in [7, 11) is 0. The number of aromatic nitrogens is 4. The van der Waals surface area contributed by atoms with Crippen molar-refractivity contribution in [2.45, 2.75) is 26.3 Å². The summed E-state index contributed by atoms with van der Waals surface area (Å²) in [5, 5.41) is 3.18.